The third-order valence-corrected chi connectivity index (χ3v) is 2.16. The fourth-order valence-electron chi connectivity index (χ4n) is 1.30. The highest BCUT2D eigenvalue weighted by Crippen LogP contribution is 2.25. The molecule has 0 spiro atoms. The Hall–Kier alpha value is -2.23. The van der Waals surface area contributed by atoms with E-state index in [0.29, 0.717) is 17.6 Å². The van der Waals surface area contributed by atoms with Crippen molar-refractivity contribution in [2.24, 2.45) is 0 Å². The van der Waals surface area contributed by atoms with Crippen LogP contribution in [0.1, 0.15) is 10.4 Å². The van der Waals surface area contributed by atoms with Crippen LogP contribution in [0.4, 0.5) is 8.78 Å². The van der Waals surface area contributed by atoms with Crippen LogP contribution in [0, 0.1) is 11.6 Å². The summed E-state index contributed by atoms with van der Waals surface area (Å²) in [6, 6.07) is 9.76. The first-order chi connectivity index (χ1) is 8.20. The van der Waals surface area contributed by atoms with Gasteiger partial charge in [0, 0.05) is 5.56 Å². The number of halogens is 2. The summed E-state index contributed by atoms with van der Waals surface area (Å²) in [6.07, 6.45) is 0.687. The Morgan fingerprint density at radius 2 is 1.71 bits per heavy atom. The third-order valence-electron chi connectivity index (χ3n) is 2.16. The lowest BCUT2D eigenvalue weighted by atomic mass is 10.2. The molecule has 0 fully saturated rings. The van der Waals surface area contributed by atoms with Gasteiger partial charge in [0.15, 0.2) is 11.6 Å². The van der Waals surface area contributed by atoms with Gasteiger partial charge in [-0.1, -0.05) is 6.07 Å². The third kappa shape index (κ3) is 2.47. The van der Waals surface area contributed by atoms with Crippen molar-refractivity contribution in [1.82, 2.24) is 0 Å². The number of hydrogen-bond acceptors (Lipinski definition) is 2. The van der Waals surface area contributed by atoms with E-state index in [2.05, 4.69) is 0 Å². The Labute approximate surface area is 96.5 Å². The van der Waals surface area contributed by atoms with Gasteiger partial charge in [0.25, 0.3) is 0 Å². The number of hydrogen-bond donors (Lipinski definition) is 0. The number of benzene rings is 2. The van der Waals surface area contributed by atoms with E-state index in [0.717, 1.165) is 6.07 Å². The van der Waals surface area contributed by atoms with Crippen molar-refractivity contribution in [3.8, 4) is 11.5 Å². The van der Waals surface area contributed by atoms with Gasteiger partial charge in [-0.2, -0.15) is 4.39 Å². The van der Waals surface area contributed by atoms with Crippen LogP contribution in [0.15, 0.2) is 42.5 Å². The molecule has 0 heterocycles. The molecule has 0 radical (unpaired) electrons. The molecule has 0 atom stereocenters. The minimum absolute atomic E-state index is 0.191. The van der Waals surface area contributed by atoms with Crippen LogP contribution in [-0.2, 0) is 0 Å². The summed E-state index contributed by atoms with van der Waals surface area (Å²) in [5.41, 5.74) is 0.483. The molecule has 0 aliphatic rings. The van der Waals surface area contributed by atoms with Crippen molar-refractivity contribution in [2.45, 2.75) is 0 Å². The van der Waals surface area contributed by atoms with Crippen molar-refractivity contribution >= 4 is 6.29 Å². The molecule has 86 valence electrons. The lowest BCUT2D eigenvalue weighted by Crippen LogP contribution is -1.91. The van der Waals surface area contributed by atoms with Crippen LogP contribution < -0.4 is 4.74 Å². The minimum atomic E-state index is -1.04. The van der Waals surface area contributed by atoms with Crippen LogP contribution in [-0.4, -0.2) is 6.29 Å². The Morgan fingerprint density at radius 3 is 2.35 bits per heavy atom. The molecule has 0 aliphatic heterocycles. The normalized spacial score (nSPS) is 10.0. The van der Waals surface area contributed by atoms with Crippen molar-refractivity contribution in [3.05, 3.63) is 59.7 Å². The summed E-state index contributed by atoms with van der Waals surface area (Å²) in [6.45, 7) is 0. The van der Waals surface area contributed by atoms with E-state index in [9.17, 15) is 13.6 Å². The first kappa shape index (κ1) is 11.3. The van der Waals surface area contributed by atoms with Gasteiger partial charge in [-0.15, -0.1) is 0 Å². The quantitative estimate of drug-likeness (QED) is 0.759. The molecular weight excluding hydrogens is 226 g/mol. The summed E-state index contributed by atoms with van der Waals surface area (Å²) in [5.74, 6) is -1.86. The topological polar surface area (TPSA) is 26.3 Å². The molecule has 0 amide bonds. The molecule has 0 aromatic heterocycles. The molecule has 0 aliphatic carbocycles. The van der Waals surface area contributed by atoms with Gasteiger partial charge in [0.05, 0.1) is 0 Å². The van der Waals surface area contributed by atoms with Gasteiger partial charge in [-0.3, -0.25) is 4.79 Å². The lowest BCUT2D eigenvalue weighted by molar-refractivity contribution is 0.112. The zero-order valence-electron chi connectivity index (χ0n) is 8.69. The van der Waals surface area contributed by atoms with E-state index in [1.54, 1.807) is 0 Å². The SMILES string of the molecule is O=Cc1ccc(Oc2cccc(F)c2F)cc1. The summed E-state index contributed by atoms with van der Waals surface area (Å²) in [4.78, 5) is 10.4. The molecule has 0 saturated carbocycles. The maximum Gasteiger partial charge on any atom is 0.201 e. The summed E-state index contributed by atoms with van der Waals surface area (Å²) < 4.78 is 31.3. The Bertz CT molecular complexity index is 536. The van der Waals surface area contributed by atoms with Crippen LogP contribution in [0.3, 0.4) is 0 Å². The minimum Gasteiger partial charge on any atom is -0.454 e. The second kappa shape index (κ2) is 4.74. The molecule has 0 N–H and O–H groups in total. The van der Waals surface area contributed by atoms with E-state index in [1.807, 2.05) is 0 Å². The predicted octanol–water partition coefficient (Wildman–Crippen LogP) is 3.57. The largest absolute Gasteiger partial charge is 0.454 e. The molecule has 4 heteroatoms. The average molecular weight is 234 g/mol. The van der Waals surface area contributed by atoms with Crippen LogP contribution >= 0.6 is 0 Å². The van der Waals surface area contributed by atoms with Crippen LogP contribution in [0.2, 0.25) is 0 Å². The first-order valence-corrected chi connectivity index (χ1v) is 4.88. The fraction of sp³-hybridized carbons (Fsp3) is 0. The fourth-order valence-corrected chi connectivity index (χ4v) is 1.30. The number of aldehydes is 1. The van der Waals surface area contributed by atoms with Crippen molar-refractivity contribution in [1.29, 1.82) is 0 Å². The first-order valence-electron chi connectivity index (χ1n) is 4.88. The second-order valence-corrected chi connectivity index (χ2v) is 3.34. The zero-order chi connectivity index (χ0) is 12.3. The molecule has 2 aromatic rings. The summed E-state index contributed by atoms with van der Waals surface area (Å²) in [5, 5.41) is 0. The van der Waals surface area contributed by atoms with E-state index >= 15 is 0 Å². The Morgan fingerprint density at radius 1 is 1.00 bits per heavy atom. The highest BCUT2D eigenvalue weighted by atomic mass is 19.2. The van der Waals surface area contributed by atoms with Crippen LogP contribution in [0.25, 0.3) is 0 Å². The summed E-state index contributed by atoms with van der Waals surface area (Å²) >= 11 is 0. The molecule has 0 unspecified atom stereocenters. The molecule has 2 nitrogen and oxygen atoms in total. The van der Waals surface area contributed by atoms with Gasteiger partial charge in [0.2, 0.25) is 5.82 Å². The van der Waals surface area contributed by atoms with E-state index < -0.39 is 11.6 Å². The number of carbonyl (C=O) groups excluding carboxylic acids is 1. The van der Waals surface area contributed by atoms with Gasteiger partial charge in [-0.05, 0) is 36.4 Å². The molecule has 0 bridgehead atoms. The van der Waals surface area contributed by atoms with Gasteiger partial charge >= 0.3 is 0 Å². The van der Waals surface area contributed by atoms with Gasteiger partial charge < -0.3 is 4.74 Å². The summed E-state index contributed by atoms with van der Waals surface area (Å²) in [7, 11) is 0. The zero-order valence-corrected chi connectivity index (χ0v) is 8.69. The highest BCUT2D eigenvalue weighted by molar-refractivity contribution is 5.74. The number of ether oxygens (including phenoxy) is 1. The smallest absolute Gasteiger partial charge is 0.201 e. The van der Waals surface area contributed by atoms with Crippen molar-refractivity contribution in [3.63, 3.8) is 0 Å². The average Bonchev–Trinajstić information content (AvgIpc) is 2.36. The molecular formula is C13H8F2O2. The second-order valence-electron chi connectivity index (χ2n) is 3.34. The molecule has 0 saturated heterocycles. The Kier molecular flexibility index (Phi) is 3.14. The van der Waals surface area contributed by atoms with E-state index in [-0.39, 0.29) is 5.75 Å². The van der Waals surface area contributed by atoms with Crippen LogP contribution in [0.5, 0.6) is 11.5 Å². The van der Waals surface area contributed by atoms with Gasteiger partial charge in [-0.25, -0.2) is 4.39 Å². The predicted molar refractivity (Wildman–Crippen MR) is 58.3 cm³/mol. The van der Waals surface area contributed by atoms with E-state index in [1.165, 1.54) is 36.4 Å². The standard InChI is InChI=1S/C13H8F2O2/c14-11-2-1-3-12(13(11)15)17-10-6-4-9(8-16)5-7-10/h1-8H. The maximum atomic E-state index is 13.3. The number of rotatable bonds is 3. The molecule has 2 aromatic carbocycles. The molecule has 2 rings (SSSR count). The highest BCUT2D eigenvalue weighted by Gasteiger charge is 2.09. The maximum absolute atomic E-state index is 13.3. The van der Waals surface area contributed by atoms with Crippen molar-refractivity contribution in [2.75, 3.05) is 0 Å². The van der Waals surface area contributed by atoms with E-state index in [4.69, 9.17) is 4.74 Å². The Balaban J connectivity index is 2.25. The molecule has 17 heavy (non-hydrogen) atoms. The van der Waals surface area contributed by atoms with Crippen molar-refractivity contribution < 1.29 is 18.3 Å². The number of carbonyl (C=O) groups is 1. The monoisotopic (exact) mass is 234 g/mol. The lowest BCUT2D eigenvalue weighted by Gasteiger charge is -2.06. The van der Waals surface area contributed by atoms with Gasteiger partial charge in [0.1, 0.15) is 12.0 Å².